The van der Waals surface area contributed by atoms with Crippen LogP contribution in [0, 0.1) is 6.57 Å². The van der Waals surface area contributed by atoms with E-state index < -0.39 is 0 Å². The van der Waals surface area contributed by atoms with Crippen LogP contribution in [0.5, 0.6) is 0 Å². The van der Waals surface area contributed by atoms with Crippen molar-refractivity contribution in [3.8, 4) is 33.4 Å². The molecule has 2 nitrogen and oxygen atoms in total. The molecule has 51 heavy (non-hydrogen) atoms. The molecule has 1 heterocycles. The Labute approximate surface area is 298 Å². The van der Waals surface area contributed by atoms with Gasteiger partial charge in [-0.25, -0.2) is 9.83 Å². The molecule has 1 aliphatic carbocycles. The summed E-state index contributed by atoms with van der Waals surface area (Å²) in [6, 6.07) is 46.0. The van der Waals surface area contributed by atoms with E-state index in [0.717, 1.165) is 27.5 Å². The Bertz CT molecular complexity index is 2860. The second-order valence-electron chi connectivity index (χ2n) is 13.9. The molecule has 0 radical (unpaired) electrons. The lowest BCUT2D eigenvalue weighted by Gasteiger charge is -2.22. The maximum atomic E-state index is 7.56. The van der Waals surface area contributed by atoms with E-state index in [2.05, 4.69) is 153 Å². The Morgan fingerprint density at radius 1 is 0.588 bits per heavy atom. The van der Waals surface area contributed by atoms with Gasteiger partial charge in [-0.15, -0.1) is 0 Å². The number of benzene rings is 7. The molecule has 9 rings (SSSR count). The smallest absolute Gasteiger partial charge is 0.187 e. The molecule has 0 fully saturated rings. The van der Waals surface area contributed by atoms with Gasteiger partial charge in [0.05, 0.1) is 17.8 Å². The van der Waals surface area contributed by atoms with E-state index in [0.29, 0.717) is 5.69 Å². The Hall–Kier alpha value is -6.56. The Morgan fingerprint density at radius 2 is 1.29 bits per heavy atom. The first-order chi connectivity index (χ1) is 24.9. The lowest BCUT2D eigenvalue weighted by Crippen LogP contribution is -2.14. The van der Waals surface area contributed by atoms with E-state index in [1.807, 2.05) is 24.3 Å². The predicted molar refractivity (Wildman–Crippen MR) is 217 cm³/mol. The molecule has 1 aromatic heterocycles. The van der Waals surface area contributed by atoms with Gasteiger partial charge < -0.3 is 0 Å². The first kappa shape index (κ1) is 30.5. The fourth-order valence-corrected chi connectivity index (χ4v) is 8.07. The molecule has 0 bridgehead atoms. The lowest BCUT2D eigenvalue weighted by molar-refractivity contribution is 0.661. The molecular weight excluding hydrogens is 617 g/mol. The van der Waals surface area contributed by atoms with E-state index in [4.69, 9.17) is 11.6 Å². The average Bonchev–Trinajstić information content (AvgIpc) is 3.40. The fourth-order valence-electron chi connectivity index (χ4n) is 8.07. The molecule has 0 saturated heterocycles. The van der Waals surface area contributed by atoms with Crippen LogP contribution < -0.4 is 0 Å². The second-order valence-corrected chi connectivity index (χ2v) is 13.9. The Balaban J connectivity index is 1.25. The zero-order chi connectivity index (χ0) is 34.7. The summed E-state index contributed by atoms with van der Waals surface area (Å²) >= 11 is 0. The van der Waals surface area contributed by atoms with Crippen molar-refractivity contribution in [3.63, 3.8) is 0 Å². The summed E-state index contributed by atoms with van der Waals surface area (Å²) in [4.78, 5) is 8.98. The first-order valence-electron chi connectivity index (χ1n) is 17.4. The molecule has 0 saturated carbocycles. The third-order valence-corrected chi connectivity index (χ3v) is 10.6. The minimum Gasteiger partial charge on any atom is -0.248 e. The van der Waals surface area contributed by atoms with Gasteiger partial charge in [0.15, 0.2) is 5.69 Å². The van der Waals surface area contributed by atoms with Gasteiger partial charge in [-0.3, -0.25) is 0 Å². The monoisotopic (exact) mass is 650 g/mol. The Kier molecular flexibility index (Phi) is 7.05. The lowest BCUT2D eigenvalue weighted by atomic mass is 9.81. The third-order valence-electron chi connectivity index (χ3n) is 10.6. The normalized spacial score (nSPS) is 13.4. The van der Waals surface area contributed by atoms with E-state index in [-0.39, 0.29) is 5.41 Å². The maximum Gasteiger partial charge on any atom is 0.187 e. The number of allylic oxidation sites excluding steroid dienone is 4. The van der Waals surface area contributed by atoms with Gasteiger partial charge >= 0.3 is 0 Å². The largest absolute Gasteiger partial charge is 0.248 e. The van der Waals surface area contributed by atoms with Crippen molar-refractivity contribution < 1.29 is 0 Å². The van der Waals surface area contributed by atoms with Gasteiger partial charge in [-0.05, 0) is 102 Å². The van der Waals surface area contributed by atoms with Crippen molar-refractivity contribution >= 4 is 55.0 Å². The number of fused-ring (bicyclic) bond motifs is 9. The molecular formula is C49H34N2. The summed E-state index contributed by atoms with van der Waals surface area (Å²) in [5.41, 5.74) is 12.1. The molecule has 0 amide bonds. The minimum atomic E-state index is -0.195. The summed E-state index contributed by atoms with van der Waals surface area (Å²) in [5.74, 6) is 0. The van der Waals surface area contributed by atoms with Crippen LogP contribution in [0.25, 0.3) is 87.5 Å². The van der Waals surface area contributed by atoms with Gasteiger partial charge in [0.25, 0.3) is 0 Å². The molecule has 1 aliphatic rings. The zero-order valence-electron chi connectivity index (χ0n) is 28.6. The quantitative estimate of drug-likeness (QED) is 0.0784. The summed E-state index contributed by atoms with van der Waals surface area (Å²) in [6.07, 6.45) is 9.87. The van der Waals surface area contributed by atoms with Crippen LogP contribution >= 0.6 is 0 Å². The standard InChI is InChI=1S/C49H34N2/c1-5-6-7-8-20-46-43-30-41(37-18-11-12-19-40(37)48(43)42-26-32-14-9-10-15-33(32)28-47(42)51-46)35-17-13-16-31(25-35)34-21-23-38-39-24-22-36(50-4)29-45(39)49(2,3)44(38)27-34/h5-30H,1H2,2-3H3/b7-6-,20-8+. The van der Waals surface area contributed by atoms with Crippen molar-refractivity contribution in [3.05, 3.63) is 187 Å². The molecule has 0 aliphatic heterocycles. The van der Waals surface area contributed by atoms with Crippen LogP contribution in [0.15, 0.2) is 158 Å². The van der Waals surface area contributed by atoms with Crippen molar-refractivity contribution in [1.29, 1.82) is 0 Å². The fraction of sp³-hybridized carbons (Fsp3) is 0.0612. The highest BCUT2D eigenvalue weighted by Gasteiger charge is 2.35. The summed E-state index contributed by atoms with van der Waals surface area (Å²) in [6.45, 7) is 15.9. The van der Waals surface area contributed by atoms with Crippen LogP contribution in [0.3, 0.4) is 0 Å². The van der Waals surface area contributed by atoms with Crippen molar-refractivity contribution in [1.82, 2.24) is 4.98 Å². The second kappa shape index (κ2) is 11.8. The molecule has 240 valence electrons. The highest BCUT2D eigenvalue weighted by atomic mass is 14.7. The molecule has 7 aromatic carbocycles. The van der Waals surface area contributed by atoms with Crippen LogP contribution in [-0.2, 0) is 5.41 Å². The minimum absolute atomic E-state index is 0.195. The molecule has 0 spiro atoms. The number of rotatable bonds is 5. The van der Waals surface area contributed by atoms with Crippen molar-refractivity contribution in [2.24, 2.45) is 0 Å². The number of hydrogen-bond donors (Lipinski definition) is 0. The van der Waals surface area contributed by atoms with E-state index in [1.165, 1.54) is 65.9 Å². The first-order valence-corrected chi connectivity index (χ1v) is 17.4. The molecule has 0 atom stereocenters. The molecule has 0 N–H and O–H groups in total. The Morgan fingerprint density at radius 3 is 2.10 bits per heavy atom. The topological polar surface area (TPSA) is 17.2 Å². The number of aromatic nitrogens is 1. The van der Waals surface area contributed by atoms with Crippen molar-refractivity contribution in [2.75, 3.05) is 0 Å². The van der Waals surface area contributed by atoms with Crippen molar-refractivity contribution in [2.45, 2.75) is 19.3 Å². The molecule has 2 heteroatoms. The summed E-state index contributed by atoms with van der Waals surface area (Å²) in [7, 11) is 0. The van der Waals surface area contributed by atoms with Crippen LogP contribution in [-0.4, -0.2) is 4.98 Å². The maximum absolute atomic E-state index is 7.56. The van der Waals surface area contributed by atoms with Gasteiger partial charge in [-0.2, -0.15) is 0 Å². The van der Waals surface area contributed by atoms with Crippen LogP contribution in [0.1, 0.15) is 30.7 Å². The predicted octanol–water partition coefficient (Wildman–Crippen LogP) is 13.6. The number of hydrogen-bond acceptors (Lipinski definition) is 1. The van der Waals surface area contributed by atoms with Crippen LogP contribution in [0.4, 0.5) is 5.69 Å². The van der Waals surface area contributed by atoms with Crippen LogP contribution in [0.2, 0.25) is 0 Å². The van der Waals surface area contributed by atoms with Gasteiger partial charge in [-0.1, -0.05) is 142 Å². The van der Waals surface area contributed by atoms with Gasteiger partial charge in [0.2, 0.25) is 0 Å². The van der Waals surface area contributed by atoms with E-state index in [9.17, 15) is 0 Å². The van der Waals surface area contributed by atoms with E-state index in [1.54, 1.807) is 6.08 Å². The SMILES string of the molecule is [C-]#[N+]c1ccc2c(c1)C(C)(C)c1cc(-c3cccc(-c4cc5c(/C=C/C=C\C=C)nc6cc7ccccc7cc6c5c5ccccc45)c3)ccc1-2. The zero-order valence-corrected chi connectivity index (χ0v) is 28.6. The average molecular weight is 651 g/mol. The molecule has 8 aromatic rings. The number of nitrogens with zero attached hydrogens (tertiary/aromatic N) is 2. The number of pyridine rings is 1. The van der Waals surface area contributed by atoms with Gasteiger partial charge in [0.1, 0.15) is 0 Å². The summed E-state index contributed by atoms with van der Waals surface area (Å²) < 4.78 is 0. The van der Waals surface area contributed by atoms with Gasteiger partial charge in [0, 0.05) is 21.6 Å². The van der Waals surface area contributed by atoms with E-state index >= 15 is 0 Å². The summed E-state index contributed by atoms with van der Waals surface area (Å²) in [5, 5.41) is 8.31. The highest BCUT2D eigenvalue weighted by molar-refractivity contribution is 6.25. The highest BCUT2D eigenvalue weighted by Crippen LogP contribution is 2.51. The molecule has 0 unspecified atom stereocenters. The third kappa shape index (κ3) is 4.90.